The van der Waals surface area contributed by atoms with Crippen molar-refractivity contribution in [2.45, 2.75) is 31.4 Å². The van der Waals surface area contributed by atoms with E-state index in [0.717, 1.165) is 19.4 Å². The van der Waals surface area contributed by atoms with E-state index in [9.17, 15) is 4.79 Å². The van der Waals surface area contributed by atoms with Gasteiger partial charge in [-0.15, -0.1) is 0 Å². The van der Waals surface area contributed by atoms with Gasteiger partial charge in [-0.25, -0.2) is 4.79 Å². The number of para-hydroxylation sites is 1. The van der Waals surface area contributed by atoms with Crippen LogP contribution in [0.2, 0.25) is 0 Å². The predicted molar refractivity (Wildman–Crippen MR) is 80.8 cm³/mol. The standard InChI is InChI=1S/C16H22N2O3/c1-13-11-21-16(7-9-17(10-8-16)15(19)20)12-18(13)14-5-3-2-4-6-14/h2-6,13H,7-12H2,1H3,(H,19,20). The van der Waals surface area contributed by atoms with Gasteiger partial charge in [-0.2, -0.15) is 0 Å². The van der Waals surface area contributed by atoms with Crippen molar-refractivity contribution in [2.24, 2.45) is 0 Å². The second kappa shape index (κ2) is 5.56. The summed E-state index contributed by atoms with van der Waals surface area (Å²) in [7, 11) is 0. The molecule has 0 radical (unpaired) electrons. The number of anilines is 1. The number of morpholine rings is 1. The average molecular weight is 290 g/mol. The Morgan fingerprint density at radius 3 is 2.57 bits per heavy atom. The molecule has 2 aliphatic rings. The number of amides is 1. The Morgan fingerprint density at radius 2 is 1.95 bits per heavy atom. The number of nitrogens with zero attached hydrogens (tertiary/aromatic N) is 2. The summed E-state index contributed by atoms with van der Waals surface area (Å²) >= 11 is 0. The fourth-order valence-electron chi connectivity index (χ4n) is 3.27. The molecule has 2 fully saturated rings. The first-order chi connectivity index (χ1) is 10.1. The quantitative estimate of drug-likeness (QED) is 0.863. The number of likely N-dealkylation sites (tertiary alicyclic amines) is 1. The maximum absolute atomic E-state index is 11.0. The van der Waals surface area contributed by atoms with E-state index in [1.807, 2.05) is 6.07 Å². The molecule has 1 amide bonds. The topological polar surface area (TPSA) is 53.0 Å². The van der Waals surface area contributed by atoms with Crippen molar-refractivity contribution in [1.29, 1.82) is 0 Å². The summed E-state index contributed by atoms with van der Waals surface area (Å²) in [6.45, 7) is 4.83. The van der Waals surface area contributed by atoms with Gasteiger partial charge in [0.15, 0.2) is 0 Å². The van der Waals surface area contributed by atoms with Crippen LogP contribution in [0.15, 0.2) is 30.3 Å². The van der Waals surface area contributed by atoms with Crippen LogP contribution in [0.3, 0.4) is 0 Å². The molecule has 0 saturated carbocycles. The zero-order valence-corrected chi connectivity index (χ0v) is 12.4. The highest BCUT2D eigenvalue weighted by Crippen LogP contribution is 2.34. The van der Waals surface area contributed by atoms with Crippen molar-refractivity contribution in [2.75, 3.05) is 31.1 Å². The van der Waals surface area contributed by atoms with E-state index in [2.05, 4.69) is 36.1 Å². The number of hydrogen-bond acceptors (Lipinski definition) is 3. The van der Waals surface area contributed by atoms with Crippen molar-refractivity contribution in [3.63, 3.8) is 0 Å². The molecule has 0 aromatic heterocycles. The Bertz CT molecular complexity index is 498. The van der Waals surface area contributed by atoms with Gasteiger partial charge < -0.3 is 19.6 Å². The maximum Gasteiger partial charge on any atom is 0.407 e. The summed E-state index contributed by atoms with van der Waals surface area (Å²) in [5, 5.41) is 9.07. The summed E-state index contributed by atoms with van der Waals surface area (Å²) < 4.78 is 6.14. The normalized spacial score (nSPS) is 25.1. The van der Waals surface area contributed by atoms with Crippen LogP contribution in [-0.4, -0.2) is 54.0 Å². The number of carbonyl (C=O) groups is 1. The molecule has 5 heteroatoms. The Hall–Kier alpha value is -1.75. The fourth-order valence-corrected chi connectivity index (χ4v) is 3.27. The molecule has 0 bridgehead atoms. The number of hydrogen-bond donors (Lipinski definition) is 1. The van der Waals surface area contributed by atoms with E-state index in [1.165, 1.54) is 10.6 Å². The van der Waals surface area contributed by atoms with Gasteiger partial charge in [0.25, 0.3) is 0 Å². The minimum absolute atomic E-state index is 0.200. The first kappa shape index (κ1) is 14.2. The van der Waals surface area contributed by atoms with Crippen LogP contribution in [0.5, 0.6) is 0 Å². The third-order valence-corrected chi connectivity index (χ3v) is 4.65. The molecule has 2 aliphatic heterocycles. The lowest BCUT2D eigenvalue weighted by Gasteiger charge is -2.50. The smallest absolute Gasteiger partial charge is 0.407 e. The summed E-state index contributed by atoms with van der Waals surface area (Å²) in [5.74, 6) is 0. The molecule has 2 saturated heterocycles. The molecule has 21 heavy (non-hydrogen) atoms. The molecule has 0 aliphatic carbocycles. The molecule has 1 unspecified atom stereocenters. The minimum atomic E-state index is -0.825. The molecule has 1 atom stereocenters. The number of piperidine rings is 1. The Kier molecular flexibility index (Phi) is 3.76. The molecule has 2 heterocycles. The zero-order chi connectivity index (χ0) is 14.9. The summed E-state index contributed by atoms with van der Waals surface area (Å²) in [6.07, 6.45) is 0.721. The highest BCUT2D eigenvalue weighted by molar-refractivity contribution is 5.65. The van der Waals surface area contributed by atoms with Crippen LogP contribution in [0.4, 0.5) is 10.5 Å². The van der Waals surface area contributed by atoms with Crippen molar-refractivity contribution in [3.05, 3.63) is 30.3 Å². The Morgan fingerprint density at radius 1 is 1.29 bits per heavy atom. The summed E-state index contributed by atoms with van der Waals surface area (Å²) in [5.41, 5.74) is 1.02. The van der Waals surface area contributed by atoms with Gasteiger partial charge in [-0.1, -0.05) is 18.2 Å². The van der Waals surface area contributed by atoms with Crippen molar-refractivity contribution < 1.29 is 14.6 Å². The molecule has 1 aromatic carbocycles. The van der Waals surface area contributed by atoms with Gasteiger partial charge in [0.1, 0.15) is 0 Å². The van der Waals surface area contributed by atoms with Crippen LogP contribution < -0.4 is 4.90 Å². The monoisotopic (exact) mass is 290 g/mol. The molecule has 1 N–H and O–H groups in total. The third-order valence-electron chi connectivity index (χ3n) is 4.65. The first-order valence-corrected chi connectivity index (χ1v) is 7.53. The van der Waals surface area contributed by atoms with Gasteiger partial charge >= 0.3 is 6.09 Å². The Balaban J connectivity index is 1.73. The molecule has 3 rings (SSSR count). The van der Waals surface area contributed by atoms with Gasteiger partial charge in [0.05, 0.1) is 12.2 Å². The van der Waals surface area contributed by atoms with Gasteiger partial charge in [0.2, 0.25) is 0 Å². The van der Waals surface area contributed by atoms with Gasteiger partial charge in [-0.05, 0) is 31.9 Å². The second-order valence-electron chi connectivity index (χ2n) is 6.08. The van der Waals surface area contributed by atoms with E-state index in [1.54, 1.807) is 0 Å². The van der Waals surface area contributed by atoms with Crippen LogP contribution in [-0.2, 0) is 4.74 Å². The molecule has 114 valence electrons. The van der Waals surface area contributed by atoms with E-state index in [0.29, 0.717) is 25.7 Å². The van der Waals surface area contributed by atoms with E-state index in [-0.39, 0.29) is 5.60 Å². The average Bonchev–Trinajstić information content (AvgIpc) is 2.51. The number of carboxylic acid groups (broad SMARTS) is 1. The predicted octanol–water partition coefficient (Wildman–Crippen LogP) is 2.42. The van der Waals surface area contributed by atoms with E-state index >= 15 is 0 Å². The largest absolute Gasteiger partial charge is 0.465 e. The summed E-state index contributed by atoms with van der Waals surface area (Å²) in [6, 6.07) is 10.7. The van der Waals surface area contributed by atoms with Crippen LogP contribution in [0.25, 0.3) is 0 Å². The van der Waals surface area contributed by atoms with Crippen LogP contribution in [0.1, 0.15) is 19.8 Å². The number of ether oxygens (including phenoxy) is 1. The number of benzene rings is 1. The second-order valence-corrected chi connectivity index (χ2v) is 6.08. The fraction of sp³-hybridized carbons (Fsp3) is 0.562. The Labute approximate surface area is 125 Å². The molecular formula is C16H22N2O3. The van der Waals surface area contributed by atoms with E-state index < -0.39 is 6.09 Å². The molecule has 1 aromatic rings. The van der Waals surface area contributed by atoms with Crippen LogP contribution in [0, 0.1) is 0 Å². The van der Waals surface area contributed by atoms with Crippen LogP contribution >= 0.6 is 0 Å². The third kappa shape index (κ3) is 2.83. The first-order valence-electron chi connectivity index (χ1n) is 7.53. The van der Waals surface area contributed by atoms with Crippen molar-refractivity contribution >= 4 is 11.8 Å². The van der Waals surface area contributed by atoms with Gasteiger partial charge in [-0.3, -0.25) is 0 Å². The summed E-state index contributed by atoms with van der Waals surface area (Å²) in [4.78, 5) is 14.9. The molecule has 5 nitrogen and oxygen atoms in total. The molecule has 1 spiro atoms. The van der Waals surface area contributed by atoms with E-state index in [4.69, 9.17) is 9.84 Å². The minimum Gasteiger partial charge on any atom is -0.465 e. The maximum atomic E-state index is 11.0. The number of rotatable bonds is 1. The highest BCUT2D eigenvalue weighted by atomic mass is 16.5. The van der Waals surface area contributed by atoms with Gasteiger partial charge in [0, 0.05) is 31.4 Å². The SMILES string of the molecule is CC1COC2(CCN(C(=O)O)CC2)CN1c1ccccc1. The molecular weight excluding hydrogens is 268 g/mol. The highest BCUT2D eigenvalue weighted by Gasteiger charge is 2.42. The lowest BCUT2D eigenvalue weighted by Crippen LogP contribution is -2.60. The van der Waals surface area contributed by atoms with Crippen molar-refractivity contribution in [1.82, 2.24) is 4.90 Å². The zero-order valence-electron chi connectivity index (χ0n) is 12.4. The lowest BCUT2D eigenvalue weighted by molar-refractivity contribution is -0.0980. The lowest BCUT2D eigenvalue weighted by atomic mass is 9.88. The van der Waals surface area contributed by atoms with Crippen molar-refractivity contribution in [3.8, 4) is 0 Å².